The Morgan fingerprint density at radius 2 is 2.04 bits per heavy atom. The first-order chi connectivity index (χ1) is 12.2. The summed E-state index contributed by atoms with van der Waals surface area (Å²) in [5.74, 6) is -0.340. The van der Waals surface area contributed by atoms with E-state index in [1.54, 1.807) is 4.90 Å². The Morgan fingerprint density at radius 3 is 2.88 bits per heavy atom. The standard InChI is InChI=1S/C20H22N2O3/c23-19-11-15(20(24)21-12-16-7-4-10-25-16)13-22(19)18-9-3-6-14-5-1-2-8-17(14)18/h1-3,5-6,8-9,15-16H,4,7,10-13H2,(H,21,24)/t15-,16+/m0/s1. The van der Waals surface area contributed by atoms with Crippen LogP contribution in [0.5, 0.6) is 0 Å². The van der Waals surface area contributed by atoms with Crippen molar-refractivity contribution in [2.24, 2.45) is 5.92 Å². The smallest absolute Gasteiger partial charge is 0.227 e. The number of nitrogens with zero attached hydrogens (tertiary/aromatic N) is 1. The van der Waals surface area contributed by atoms with Crippen molar-refractivity contribution in [3.63, 3.8) is 0 Å². The molecule has 2 saturated heterocycles. The minimum Gasteiger partial charge on any atom is -0.376 e. The zero-order valence-corrected chi connectivity index (χ0v) is 14.1. The number of carbonyl (C=O) groups excluding carboxylic acids is 2. The van der Waals surface area contributed by atoms with Gasteiger partial charge in [-0.15, -0.1) is 0 Å². The molecule has 0 aromatic heterocycles. The molecule has 1 N–H and O–H groups in total. The summed E-state index contributed by atoms with van der Waals surface area (Å²) in [6, 6.07) is 13.9. The van der Waals surface area contributed by atoms with E-state index in [1.807, 2.05) is 42.5 Å². The molecule has 5 heteroatoms. The first-order valence-electron chi connectivity index (χ1n) is 8.90. The normalized spacial score (nSPS) is 23.4. The van der Waals surface area contributed by atoms with Gasteiger partial charge in [0.25, 0.3) is 0 Å². The van der Waals surface area contributed by atoms with Gasteiger partial charge < -0.3 is 15.0 Å². The number of fused-ring (bicyclic) bond motifs is 1. The third-order valence-corrected chi connectivity index (χ3v) is 5.08. The highest BCUT2D eigenvalue weighted by Crippen LogP contribution is 2.31. The summed E-state index contributed by atoms with van der Waals surface area (Å²) in [5, 5.41) is 5.09. The van der Waals surface area contributed by atoms with Crippen LogP contribution in [-0.4, -0.2) is 37.6 Å². The molecule has 2 fully saturated rings. The minimum absolute atomic E-state index is 0.00798. The summed E-state index contributed by atoms with van der Waals surface area (Å²) in [5.41, 5.74) is 0.887. The Bertz CT molecular complexity index is 793. The first-order valence-corrected chi connectivity index (χ1v) is 8.90. The second-order valence-electron chi connectivity index (χ2n) is 6.78. The lowest BCUT2D eigenvalue weighted by Crippen LogP contribution is -2.37. The van der Waals surface area contributed by atoms with E-state index in [9.17, 15) is 9.59 Å². The number of rotatable bonds is 4. The second-order valence-corrected chi connectivity index (χ2v) is 6.78. The van der Waals surface area contributed by atoms with E-state index in [-0.39, 0.29) is 30.3 Å². The third kappa shape index (κ3) is 3.24. The predicted molar refractivity (Wildman–Crippen MR) is 96.4 cm³/mol. The molecule has 0 radical (unpaired) electrons. The maximum atomic E-state index is 12.5. The highest BCUT2D eigenvalue weighted by molar-refractivity contribution is 6.06. The van der Waals surface area contributed by atoms with Gasteiger partial charge in [0.05, 0.1) is 17.7 Å². The monoisotopic (exact) mass is 338 g/mol. The van der Waals surface area contributed by atoms with E-state index in [0.29, 0.717) is 13.1 Å². The van der Waals surface area contributed by atoms with E-state index in [4.69, 9.17) is 4.74 Å². The van der Waals surface area contributed by atoms with Crippen LogP contribution in [0.4, 0.5) is 5.69 Å². The van der Waals surface area contributed by atoms with E-state index in [0.717, 1.165) is 35.9 Å². The lowest BCUT2D eigenvalue weighted by molar-refractivity contribution is -0.126. The molecule has 0 spiro atoms. The fraction of sp³-hybridized carbons (Fsp3) is 0.400. The molecule has 4 rings (SSSR count). The zero-order chi connectivity index (χ0) is 17.2. The van der Waals surface area contributed by atoms with Gasteiger partial charge in [0.1, 0.15) is 0 Å². The molecule has 2 aliphatic heterocycles. The summed E-state index contributed by atoms with van der Waals surface area (Å²) in [6.45, 7) is 1.75. The molecule has 0 aliphatic carbocycles. The Hall–Kier alpha value is -2.40. The van der Waals surface area contributed by atoms with Crippen molar-refractivity contribution in [1.82, 2.24) is 5.32 Å². The molecule has 2 heterocycles. The van der Waals surface area contributed by atoms with Crippen LogP contribution in [0.1, 0.15) is 19.3 Å². The van der Waals surface area contributed by atoms with Gasteiger partial charge in [0.15, 0.2) is 0 Å². The van der Waals surface area contributed by atoms with E-state index < -0.39 is 0 Å². The number of ether oxygens (including phenoxy) is 1. The van der Waals surface area contributed by atoms with Gasteiger partial charge in [-0.1, -0.05) is 36.4 Å². The molecule has 2 aliphatic rings. The van der Waals surface area contributed by atoms with Gasteiger partial charge in [0.2, 0.25) is 11.8 Å². The minimum atomic E-state index is -0.298. The van der Waals surface area contributed by atoms with Crippen molar-refractivity contribution in [3.8, 4) is 0 Å². The van der Waals surface area contributed by atoms with E-state index in [2.05, 4.69) is 5.32 Å². The second kappa shape index (κ2) is 6.84. The van der Waals surface area contributed by atoms with Gasteiger partial charge in [-0.2, -0.15) is 0 Å². The average Bonchev–Trinajstić information content (AvgIpc) is 3.29. The Balaban J connectivity index is 1.47. The van der Waals surface area contributed by atoms with Crippen molar-refractivity contribution in [1.29, 1.82) is 0 Å². The summed E-state index contributed by atoms with van der Waals surface area (Å²) in [7, 11) is 0. The van der Waals surface area contributed by atoms with Crippen LogP contribution >= 0.6 is 0 Å². The lowest BCUT2D eigenvalue weighted by atomic mass is 10.1. The lowest BCUT2D eigenvalue weighted by Gasteiger charge is -2.19. The summed E-state index contributed by atoms with van der Waals surface area (Å²) >= 11 is 0. The molecule has 2 aromatic carbocycles. The van der Waals surface area contributed by atoms with Crippen LogP contribution in [0, 0.1) is 5.92 Å². The van der Waals surface area contributed by atoms with Crippen LogP contribution in [0.15, 0.2) is 42.5 Å². The van der Waals surface area contributed by atoms with Crippen molar-refractivity contribution in [2.45, 2.75) is 25.4 Å². The van der Waals surface area contributed by atoms with Gasteiger partial charge in [0, 0.05) is 31.5 Å². The van der Waals surface area contributed by atoms with Crippen LogP contribution in [-0.2, 0) is 14.3 Å². The summed E-state index contributed by atoms with van der Waals surface area (Å²) in [4.78, 5) is 26.7. The number of hydrogen-bond donors (Lipinski definition) is 1. The Kier molecular flexibility index (Phi) is 4.40. The summed E-state index contributed by atoms with van der Waals surface area (Å²) < 4.78 is 5.53. The highest BCUT2D eigenvalue weighted by atomic mass is 16.5. The fourth-order valence-corrected chi connectivity index (χ4v) is 3.72. The van der Waals surface area contributed by atoms with Gasteiger partial charge in [-0.3, -0.25) is 9.59 Å². The van der Waals surface area contributed by atoms with E-state index in [1.165, 1.54) is 0 Å². The molecule has 5 nitrogen and oxygen atoms in total. The Labute approximate surface area is 146 Å². The van der Waals surface area contributed by atoms with Gasteiger partial charge in [-0.05, 0) is 24.3 Å². The molecular formula is C20H22N2O3. The molecule has 25 heavy (non-hydrogen) atoms. The van der Waals surface area contributed by atoms with Crippen LogP contribution in [0.2, 0.25) is 0 Å². The largest absolute Gasteiger partial charge is 0.376 e. The molecule has 2 amide bonds. The maximum Gasteiger partial charge on any atom is 0.227 e. The third-order valence-electron chi connectivity index (χ3n) is 5.08. The SMILES string of the molecule is O=C(NC[C@H]1CCCO1)[C@H]1CC(=O)N(c2cccc3ccccc23)C1. The van der Waals surface area contributed by atoms with Crippen molar-refractivity contribution < 1.29 is 14.3 Å². The molecule has 0 bridgehead atoms. The van der Waals surface area contributed by atoms with Crippen LogP contribution in [0.25, 0.3) is 10.8 Å². The number of amides is 2. The number of nitrogens with one attached hydrogen (secondary N) is 1. The average molecular weight is 338 g/mol. The highest BCUT2D eigenvalue weighted by Gasteiger charge is 2.35. The fourth-order valence-electron chi connectivity index (χ4n) is 3.72. The molecule has 2 atom stereocenters. The van der Waals surface area contributed by atoms with Crippen molar-refractivity contribution >= 4 is 28.3 Å². The molecule has 2 aromatic rings. The molecule has 130 valence electrons. The quantitative estimate of drug-likeness (QED) is 0.932. The van der Waals surface area contributed by atoms with Crippen molar-refractivity contribution in [2.75, 3.05) is 24.6 Å². The van der Waals surface area contributed by atoms with Crippen molar-refractivity contribution in [3.05, 3.63) is 42.5 Å². The van der Waals surface area contributed by atoms with Crippen LogP contribution < -0.4 is 10.2 Å². The Morgan fingerprint density at radius 1 is 1.20 bits per heavy atom. The summed E-state index contributed by atoms with van der Waals surface area (Å²) in [6.07, 6.45) is 2.43. The molecule has 0 saturated carbocycles. The van der Waals surface area contributed by atoms with Gasteiger partial charge in [-0.25, -0.2) is 0 Å². The van der Waals surface area contributed by atoms with Crippen LogP contribution in [0.3, 0.4) is 0 Å². The number of hydrogen-bond acceptors (Lipinski definition) is 3. The molecular weight excluding hydrogens is 316 g/mol. The zero-order valence-electron chi connectivity index (χ0n) is 14.1. The number of benzene rings is 2. The molecule has 0 unspecified atom stereocenters. The van der Waals surface area contributed by atoms with Gasteiger partial charge >= 0.3 is 0 Å². The topological polar surface area (TPSA) is 58.6 Å². The maximum absolute atomic E-state index is 12.5. The predicted octanol–water partition coefficient (Wildman–Crippen LogP) is 2.49. The number of carbonyl (C=O) groups is 2. The number of anilines is 1. The van der Waals surface area contributed by atoms with E-state index >= 15 is 0 Å². The first kappa shape index (κ1) is 16.1.